The minimum atomic E-state index is -0.747. The maximum atomic E-state index is 11.0. The van der Waals surface area contributed by atoms with Crippen molar-refractivity contribution in [1.29, 1.82) is 0 Å². The van der Waals surface area contributed by atoms with Gasteiger partial charge in [0.25, 0.3) is 0 Å². The molecular formula is C29H32O6. The number of carboxylic acids is 1. The third kappa shape index (κ3) is 6.07. The average molecular weight is 477 g/mol. The normalized spacial score (nSPS) is 13.6. The molecule has 0 heterocycles. The number of aliphatic carboxylic acids is 1. The molecule has 0 radical (unpaired) electrons. The molecular weight excluding hydrogens is 444 g/mol. The Bertz CT molecular complexity index is 1130. The first-order chi connectivity index (χ1) is 17.1. The number of carbonyl (C=O) groups is 1. The van der Waals surface area contributed by atoms with Gasteiger partial charge in [-0.1, -0.05) is 30.3 Å². The van der Waals surface area contributed by atoms with Gasteiger partial charge in [-0.3, -0.25) is 4.79 Å². The zero-order chi connectivity index (χ0) is 24.6. The molecule has 1 atom stereocenters. The first kappa shape index (κ1) is 24.5. The second kappa shape index (κ2) is 11.6. The largest absolute Gasteiger partial charge is 0.496 e. The third-order valence-corrected chi connectivity index (χ3v) is 6.31. The Morgan fingerprint density at radius 2 is 1.37 bits per heavy atom. The van der Waals surface area contributed by atoms with Gasteiger partial charge in [0, 0.05) is 30.5 Å². The molecule has 184 valence electrons. The molecule has 6 heteroatoms. The fraction of sp³-hybridized carbons (Fsp3) is 0.345. The summed E-state index contributed by atoms with van der Waals surface area (Å²) in [6, 6.07) is 20.2. The molecule has 3 aromatic carbocycles. The lowest BCUT2D eigenvalue weighted by molar-refractivity contribution is -0.137. The Kier molecular flexibility index (Phi) is 8.14. The van der Waals surface area contributed by atoms with E-state index in [1.807, 2.05) is 24.3 Å². The van der Waals surface area contributed by atoms with Crippen molar-refractivity contribution < 1.29 is 28.8 Å². The van der Waals surface area contributed by atoms with E-state index in [1.165, 1.54) is 22.3 Å². The number of benzene rings is 3. The highest BCUT2D eigenvalue weighted by Crippen LogP contribution is 2.48. The van der Waals surface area contributed by atoms with Crippen molar-refractivity contribution >= 4 is 5.97 Å². The maximum Gasteiger partial charge on any atom is 0.303 e. The zero-order valence-corrected chi connectivity index (χ0v) is 20.3. The predicted octanol–water partition coefficient (Wildman–Crippen LogP) is 6.31. The van der Waals surface area contributed by atoms with Crippen LogP contribution >= 0.6 is 0 Å². The number of fused-ring (bicyclic) bond motifs is 3. The van der Waals surface area contributed by atoms with Crippen LogP contribution in [-0.2, 0) is 4.79 Å². The Morgan fingerprint density at radius 3 is 2.06 bits per heavy atom. The number of unbranched alkanes of at least 4 members (excludes halogenated alkanes) is 1. The molecule has 0 aromatic heterocycles. The standard InChI is InChI=1S/C29H32O6/c1-32-21-16-22(33-2)18-23(17-21)35-15-6-5-14-34-20-12-13-27-25-9-4-3-8-24(25)26(28(27)19-20)10-7-11-29(30)31/h3-4,8-9,12-13,16-19,26H,5-7,10-11,14-15H2,1-2H3,(H,30,31). The van der Waals surface area contributed by atoms with Gasteiger partial charge in [0.15, 0.2) is 0 Å². The zero-order valence-electron chi connectivity index (χ0n) is 20.3. The van der Waals surface area contributed by atoms with Crippen molar-refractivity contribution in [3.63, 3.8) is 0 Å². The molecule has 35 heavy (non-hydrogen) atoms. The Morgan fingerprint density at radius 1 is 0.743 bits per heavy atom. The van der Waals surface area contributed by atoms with Crippen LogP contribution in [0.25, 0.3) is 11.1 Å². The SMILES string of the molecule is COc1cc(OC)cc(OCCCCOc2ccc3c(c2)C(CCCC(=O)O)c2ccccc2-3)c1. The van der Waals surface area contributed by atoms with Gasteiger partial charge in [-0.2, -0.15) is 0 Å². The molecule has 1 aliphatic rings. The molecule has 0 amide bonds. The van der Waals surface area contributed by atoms with Gasteiger partial charge >= 0.3 is 5.97 Å². The number of rotatable bonds is 13. The van der Waals surface area contributed by atoms with Crippen molar-refractivity contribution in [2.45, 2.75) is 38.0 Å². The summed E-state index contributed by atoms with van der Waals surface area (Å²) in [5.41, 5.74) is 4.96. The van der Waals surface area contributed by atoms with Gasteiger partial charge < -0.3 is 24.1 Å². The van der Waals surface area contributed by atoms with Gasteiger partial charge in [0.2, 0.25) is 0 Å². The first-order valence-corrected chi connectivity index (χ1v) is 12.0. The van der Waals surface area contributed by atoms with E-state index in [2.05, 4.69) is 36.4 Å². The predicted molar refractivity (Wildman–Crippen MR) is 135 cm³/mol. The molecule has 3 aromatic rings. The van der Waals surface area contributed by atoms with E-state index in [0.717, 1.165) is 25.0 Å². The van der Waals surface area contributed by atoms with Crippen LogP contribution in [0.15, 0.2) is 60.7 Å². The third-order valence-electron chi connectivity index (χ3n) is 6.31. The van der Waals surface area contributed by atoms with E-state index in [0.29, 0.717) is 36.9 Å². The highest BCUT2D eigenvalue weighted by atomic mass is 16.5. The average Bonchev–Trinajstić information content (AvgIpc) is 3.18. The Balaban J connectivity index is 1.30. The lowest BCUT2D eigenvalue weighted by atomic mass is 9.91. The summed E-state index contributed by atoms with van der Waals surface area (Å²) in [5.74, 6) is 2.42. The van der Waals surface area contributed by atoms with Crippen LogP contribution in [0.2, 0.25) is 0 Å². The van der Waals surface area contributed by atoms with Crippen molar-refractivity contribution in [3.8, 4) is 34.1 Å². The molecule has 1 unspecified atom stereocenters. The molecule has 0 spiro atoms. The summed E-state index contributed by atoms with van der Waals surface area (Å²) in [7, 11) is 3.23. The summed E-state index contributed by atoms with van der Waals surface area (Å²) in [6.45, 7) is 1.17. The van der Waals surface area contributed by atoms with Crippen LogP contribution in [0.4, 0.5) is 0 Å². The lowest BCUT2D eigenvalue weighted by Gasteiger charge is -2.14. The number of carboxylic acid groups (broad SMARTS) is 1. The van der Waals surface area contributed by atoms with E-state index in [1.54, 1.807) is 14.2 Å². The van der Waals surface area contributed by atoms with Gasteiger partial charge in [0.05, 0.1) is 27.4 Å². The summed E-state index contributed by atoms with van der Waals surface area (Å²) >= 11 is 0. The highest BCUT2D eigenvalue weighted by molar-refractivity contribution is 5.79. The fourth-order valence-electron chi connectivity index (χ4n) is 4.60. The minimum absolute atomic E-state index is 0.189. The van der Waals surface area contributed by atoms with Crippen molar-refractivity contribution in [3.05, 3.63) is 71.8 Å². The molecule has 4 rings (SSSR count). The monoisotopic (exact) mass is 476 g/mol. The van der Waals surface area contributed by atoms with E-state index >= 15 is 0 Å². The van der Waals surface area contributed by atoms with Gasteiger partial charge in [-0.15, -0.1) is 0 Å². The topological polar surface area (TPSA) is 74.2 Å². The van der Waals surface area contributed by atoms with E-state index in [9.17, 15) is 4.79 Å². The van der Waals surface area contributed by atoms with Gasteiger partial charge in [-0.25, -0.2) is 0 Å². The summed E-state index contributed by atoms with van der Waals surface area (Å²) in [4.78, 5) is 11.0. The molecule has 0 saturated heterocycles. The Labute approximate surface area is 206 Å². The van der Waals surface area contributed by atoms with Crippen molar-refractivity contribution in [1.82, 2.24) is 0 Å². The Hall–Kier alpha value is -3.67. The van der Waals surface area contributed by atoms with Gasteiger partial charge in [-0.05, 0) is 60.1 Å². The van der Waals surface area contributed by atoms with Crippen LogP contribution in [-0.4, -0.2) is 38.5 Å². The van der Waals surface area contributed by atoms with Crippen LogP contribution in [0.3, 0.4) is 0 Å². The number of hydrogen-bond acceptors (Lipinski definition) is 5. The van der Waals surface area contributed by atoms with Crippen LogP contribution in [0.5, 0.6) is 23.0 Å². The molecule has 0 saturated carbocycles. The maximum absolute atomic E-state index is 11.0. The van der Waals surface area contributed by atoms with Crippen LogP contribution in [0, 0.1) is 0 Å². The van der Waals surface area contributed by atoms with Crippen LogP contribution < -0.4 is 18.9 Å². The molecule has 1 N–H and O–H groups in total. The first-order valence-electron chi connectivity index (χ1n) is 12.0. The summed E-state index contributed by atoms with van der Waals surface area (Å²) in [6.07, 6.45) is 3.37. The van der Waals surface area contributed by atoms with Gasteiger partial charge in [0.1, 0.15) is 23.0 Å². The smallest absolute Gasteiger partial charge is 0.303 e. The summed E-state index contributed by atoms with van der Waals surface area (Å²) in [5, 5.41) is 9.05. The minimum Gasteiger partial charge on any atom is -0.496 e. The second-order valence-electron chi connectivity index (χ2n) is 8.63. The summed E-state index contributed by atoms with van der Waals surface area (Å²) < 4.78 is 22.5. The quantitative estimate of drug-likeness (QED) is 0.292. The molecule has 6 nitrogen and oxygen atoms in total. The number of ether oxygens (including phenoxy) is 4. The van der Waals surface area contributed by atoms with Crippen molar-refractivity contribution in [2.75, 3.05) is 27.4 Å². The molecule has 1 aliphatic carbocycles. The number of methoxy groups -OCH3 is 2. The van der Waals surface area contributed by atoms with E-state index < -0.39 is 5.97 Å². The highest BCUT2D eigenvalue weighted by Gasteiger charge is 2.28. The lowest BCUT2D eigenvalue weighted by Crippen LogP contribution is -2.04. The van der Waals surface area contributed by atoms with Crippen molar-refractivity contribution in [2.24, 2.45) is 0 Å². The van der Waals surface area contributed by atoms with E-state index in [-0.39, 0.29) is 12.3 Å². The van der Waals surface area contributed by atoms with E-state index in [4.69, 9.17) is 24.1 Å². The fourth-order valence-corrected chi connectivity index (χ4v) is 4.60. The molecule has 0 fully saturated rings. The van der Waals surface area contributed by atoms with Crippen LogP contribution in [0.1, 0.15) is 49.1 Å². The molecule has 0 bridgehead atoms. The second-order valence-corrected chi connectivity index (χ2v) is 8.63. The molecule has 0 aliphatic heterocycles. The number of hydrogen-bond donors (Lipinski definition) is 1.